The van der Waals surface area contributed by atoms with E-state index in [1.54, 1.807) is 6.08 Å². The SMILES string of the molecule is Cc1ccc(C(CNC(=O)/C=C/c2ccccc2)N2CCOCC2)o1. The molecule has 0 saturated carbocycles. The molecule has 1 unspecified atom stereocenters. The summed E-state index contributed by atoms with van der Waals surface area (Å²) in [4.78, 5) is 14.5. The standard InChI is InChI=1S/C20H24N2O3/c1-16-7-9-19(25-16)18(22-11-13-24-14-12-22)15-21-20(23)10-8-17-5-3-2-4-6-17/h2-10,18H,11-15H2,1H3,(H,21,23)/b10-8+. The van der Waals surface area contributed by atoms with E-state index in [4.69, 9.17) is 9.15 Å². The Kier molecular flexibility index (Phi) is 6.04. The predicted molar refractivity (Wildman–Crippen MR) is 97.1 cm³/mol. The Balaban J connectivity index is 1.61. The molecule has 1 aromatic carbocycles. The first-order chi connectivity index (χ1) is 12.2. The van der Waals surface area contributed by atoms with Crippen molar-refractivity contribution in [1.29, 1.82) is 0 Å². The third kappa shape index (κ3) is 5.05. The molecule has 1 amide bonds. The Morgan fingerprint density at radius 1 is 1.20 bits per heavy atom. The van der Waals surface area contributed by atoms with Gasteiger partial charge in [-0.2, -0.15) is 0 Å². The topological polar surface area (TPSA) is 54.7 Å². The number of hydrogen-bond acceptors (Lipinski definition) is 4. The maximum atomic E-state index is 12.2. The van der Waals surface area contributed by atoms with E-state index in [2.05, 4.69) is 10.2 Å². The van der Waals surface area contributed by atoms with Gasteiger partial charge in [0.1, 0.15) is 11.5 Å². The van der Waals surface area contributed by atoms with E-state index in [0.29, 0.717) is 19.8 Å². The first kappa shape index (κ1) is 17.5. The zero-order valence-corrected chi connectivity index (χ0v) is 14.5. The molecule has 1 aliphatic heterocycles. The van der Waals surface area contributed by atoms with Crippen LogP contribution in [0.5, 0.6) is 0 Å². The maximum Gasteiger partial charge on any atom is 0.244 e. The van der Waals surface area contributed by atoms with Crippen LogP contribution in [0.2, 0.25) is 0 Å². The van der Waals surface area contributed by atoms with Crippen molar-refractivity contribution >= 4 is 12.0 Å². The molecule has 2 heterocycles. The molecule has 5 nitrogen and oxygen atoms in total. The quantitative estimate of drug-likeness (QED) is 0.822. The summed E-state index contributed by atoms with van der Waals surface area (Å²) >= 11 is 0. The van der Waals surface area contributed by atoms with Gasteiger partial charge in [-0.25, -0.2) is 0 Å². The number of aryl methyl sites for hydroxylation is 1. The van der Waals surface area contributed by atoms with Crippen molar-refractivity contribution in [3.8, 4) is 0 Å². The summed E-state index contributed by atoms with van der Waals surface area (Å²) in [5.74, 6) is 1.65. The van der Waals surface area contributed by atoms with Crippen molar-refractivity contribution < 1.29 is 13.9 Å². The highest BCUT2D eigenvalue weighted by molar-refractivity contribution is 5.91. The summed E-state index contributed by atoms with van der Waals surface area (Å²) in [6.07, 6.45) is 3.38. The number of carbonyl (C=O) groups excluding carboxylic acids is 1. The molecule has 1 saturated heterocycles. The molecule has 1 N–H and O–H groups in total. The lowest BCUT2D eigenvalue weighted by Gasteiger charge is -2.33. The second-order valence-electron chi connectivity index (χ2n) is 6.10. The lowest BCUT2D eigenvalue weighted by Crippen LogP contribution is -2.43. The molecule has 0 radical (unpaired) electrons. The fourth-order valence-electron chi connectivity index (χ4n) is 2.92. The Hall–Kier alpha value is -2.37. The van der Waals surface area contributed by atoms with E-state index < -0.39 is 0 Å². The third-order valence-electron chi connectivity index (χ3n) is 4.27. The van der Waals surface area contributed by atoms with Gasteiger partial charge in [-0.1, -0.05) is 30.3 Å². The van der Waals surface area contributed by atoms with Crippen LogP contribution in [0, 0.1) is 6.92 Å². The van der Waals surface area contributed by atoms with Crippen molar-refractivity contribution in [3.63, 3.8) is 0 Å². The number of hydrogen-bond donors (Lipinski definition) is 1. The Labute approximate surface area is 148 Å². The number of ether oxygens (including phenoxy) is 1. The predicted octanol–water partition coefficient (Wildman–Crippen LogP) is 2.79. The van der Waals surface area contributed by atoms with Gasteiger partial charge in [0, 0.05) is 25.7 Å². The molecule has 1 aliphatic rings. The number of nitrogens with one attached hydrogen (secondary N) is 1. The molecule has 1 aromatic heterocycles. The summed E-state index contributed by atoms with van der Waals surface area (Å²) in [5, 5.41) is 2.99. The minimum Gasteiger partial charge on any atom is -0.465 e. The molecule has 1 fully saturated rings. The summed E-state index contributed by atoms with van der Waals surface area (Å²) < 4.78 is 11.2. The lowest BCUT2D eigenvalue weighted by molar-refractivity contribution is -0.116. The smallest absolute Gasteiger partial charge is 0.244 e. The average Bonchev–Trinajstić information content (AvgIpc) is 3.08. The number of rotatable bonds is 6. The van der Waals surface area contributed by atoms with Crippen LogP contribution in [0.4, 0.5) is 0 Å². The summed E-state index contributed by atoms with van der Waals surface area (Å²) in [5.41, 5.74) is 1.00. The van der Waals surface area contributed by atoms with Crippen molar-refractivity contribution in [2.75, 3.05) is 32.8 Å². The van der Waals surface area contributed by atoms with Gasteiger partial charge in [-0.3, -0.25) is 9.69 Å². The molecule has 1 atom stereocenters. The van der Waals surface area contributed by atoms with Crippen molar-refractivity contribution in [3.05, 3.63) is 65.6 Å². The molecular formula is C20H24N2O3. The second kappa shape index (κ2) is 8.65. The minimum absolute atomic E-state index is 0.0201. The largest absolute Gasteiger partial charge is 0.465 e. The maximum absolute atomic E-state index is 12.2. The normalized spacial score (nSPS) is 16.8. The molecule has 0 bridgehead atoms. The van der Waals surface area contributed by atoms with E-state index in [1.807, 2.05) is 55.5 Å². The Morgan fingerprint density at radius 3 is 2.64 bits per heavy atom. The summed E-state index contributed by atoms with van der Waals surface area (Å²) in [6.45, 7) is 5.52. The van der Waals surface area contributed by atoms with E-state index >= 15 is 0 Å². The molecule has 0 aliphatic carbocycles. The van der Waals surface area contributed by atoms with E-state index in [-0.39, 0.29) is 11.9 Å². The van der Waals surface area contributed by atoms with Gasteiger partial charge >= 0.3 is 0 Å². The van der Waals surface area contributed by atoms with Crippen molar-refractivity contribution in [1.82, 2.24) is 10.2 Å². The van der Waals surface area contributed by atoms with E-state index in [1.165, 1.54) is 0 Å². The molecule has 25 heavy (non-hydrogen) atoms. The average molecular weight is 340 g/mol. The summed E-state index contributed by atoms with van der Waals surface area (Å²) in [7, 11) is 0. The first-order valence-corrected chi connectivity index (χ1v) is 8.61. The fraction of sp³-hybridized carbons (Fsp3) is 0.350. The van der Waals surface area contributed by atoms with Crippen LogP contribution in [-0.4, -0.2) is 43.7 Å². The van der Waals surface area contributed by atoms with Gasteiger partial charge in [-0.05, 0) is 30.7 Å². The summed E-state index contributed by atoms with van der Waals surface area (Å²) in [6, 6.07) is 13.7. The molecule has 5 heteroatoms. The molecule has 132 valence electrons. The molecular weight excluding hydrogens is 316 g/mol. The first-order valence-electron chi connectivity index (χ1n) is 8.61. The highest BCUT2D eigenvalue weighted by atomic mass is 16.5. The number of morpholine rings is 1. The van der Waals surface area contributed by atoms with Gasteiger partial charge in [0.05, 0.1) is 19.3 Å². The zero-order valence-electron chi connectivity index (χ0n) is 14.5. The highest BCUT2D eigenvalue weighted by Gasteiger charge is 2.25. The zero-order chi connectivity index (χ0) is 17.5. The van der Waals surface area contributed by atoms with E-state index in [0.717, 1.165) is 30.2 Å². The van der Waals surface area contributed by atoms with Crippen LogP contribution in [-0.2, 0) is 9.53 Å². The van der Waals surface area contributed by atoms with Gasteiger partial charge in [0.15, 0.2) is 0 Å². The number of furan rings is 1. The van der Waals surface area contributed by atoms with Crippen molar-refractivity contribution in [2.45, 2.75) is 13.0 Å². The number of amides is 1. The molecule has 3 rings (SSSR count). The second-order valence-corrected chi connectivity index (χ2v) is 6.10. The third-order valence-corrected chi connectivity index (χ3v) is 4.27. The Bertz CT molecular complexity index is 703. The van der Waals surface area contributed by atoms with Crippen LogP contribution in [0.25, 0.3) is 6.08 Å². The number of carbonyl (C=O) groups is 1. The van der Waals surface area contributed by atoms with Crippen LogP contribution >= 0.6 is 0 Å². The number of nitrogens with zero attached hydrogens (tertiary/aromatic N) is 1. The van der Waals surface area contributed by atoms with Crippen LogP contribution in [0.1, 0.15) is 23.1 Å². The molecule has 0 spiro atoms. The lowest BCUT2D eigenvalue weighted by atomic mass is 10.1. The van der Waals surface area contributed by atoms with Crippen LogP contribution in [0.15, 0.2) is 53.0 Å². The van der Waals surface area contributed by atoms with Crippen molar-refractivity contribution in [2.24, 2.45) is 0 Å². The van der Waals surface area contributed by atoms with Gasteiger partial charge in [0.25, 0.3) is 0 Å². The van der Waals surface area contributed by atoms with Crippen LogP contribution in [0.3, 0.4) is 0 Å². The van der Waals surface area contributed by atoms with E-state index in [9.17, 15) is 4.79 Å². The monoisotopic (exact) mass is 340 g/mol. The van der Waals surface area contributed by atoms with Gasteiger partial charge in [0.2, 0.25) is 5.91 Å². The van der Waals surface area contributed by atoms with Gasteiger partial charge in [-0.15, -0.1) is 0 Å². The minimum atomic E-state index is -0.106. The highest BCUT2D eigenvalue weighted by Crippen LogP contribution is 2.23. The van der Waals surface area contributed by atoms with Gasteiger partial charge < -0.3 is 14.5 Å². The van der Waals surface area contributed by atoms with Crippen LogP contribution < -0.4 is 5.32 Å². The number of benzene rings is 1. The molecule has 2 aromatic rings. The fourth-order valence-corrected chi connectivity index (χ4v) is 2.92. The Morgan fingerprint density at radius 2 is 1.96 bits per heavy atom.